The van der Waals surface area contributed by atoms with Crippen LogP contribution in [0.5, 0.6) is 0 Å². The zero-order chi connectivity index (χ0) is 14.0. The average Bonchev–Trinajstić information content (AvgIpc) is 2.34. The molecule has 2 aromatic rings. The molecular weight excluding hydrogens is 269 g/mol. The summed E-state index contributed by atoms with van der Waals surface area (Å²) in [6.45, 7) is 1.85. The van der Waals surface area contributed by atoms with E-state index in [1.165, 1.54) is 12.1 Å². The van der Waals surface area contributed by atoms with Crippen molar-refractivity contribution in [1.82, 2.24) is 0 Å². The van der Waals surface area contributed by atoms with Crippen LogP contribution in [0, 0.1) is 12.7 Å². The molecule has 3 nitrogen and oxygen atoms in total. The van der Waals surface area contributed by atoms with Crippen LogP contribution in [-0.4, -0.2) is 11.1 Å². The van der Waals surface area contributed by atoms with E-state index in [4.69, 9.17) is 16.7 Å². The lowest BCUT2D eigenvalue weighted by atomic mass is 10.1. The minimum absolute atomic E-state index is 0.116. The molecule has 0 heterocycles. The van der Waals surface area contributed by atoms with Gasteiger partial charge in [-0.05, 0) is 48.9 Å². The summed E-state index contributed by atoms with van der Waals surface area (Å²) in [5.41, 5.74) is 1.81. The van der Waals surface area contributed by atoms with Crippen LogP contribution in [0.2, 0.25) is 5.02 Å². The van der Waals surface area contributed by atoms with E-state index in [0.717, 1.165) is 17.3 Å². The third kappa shape index (κ3) is 3.03. The molecule has 0 aliphatic heterocycles. The van der Waals surface area contributed by atoms with Crippen molar-refractivity contribution in [3.8, 4) is 0 Å². The van der Waals surface area contributed by atoms with Gasteiger partial charge in [0.25, 0.3) is 0 Å². The summed E-state index contributed by atoms with van der Waals surface area (Å²) in [6.07, 6.45) is 0. The molecule has 2 N–H and O–H groups in total. The molecule has 2 rings (SSSR count). The van der Waals surface area contributed by atoms with Gasteiger partial charge in [-0.15, -0.1) is 0 Å². The Balaban J connectivity index is 2.40. The fraction of sp³-hybridized carbons (Fsp3) is 0.0714. The van der Waals surface area contributed by atoms with Gasteiger partial charge in [0.2, 0.25) is 0 Å². The molecule has 0 spiro atoms. The monoisotopic (exact) mass is 279 g/mol. The van der Waals surface area contributed by atoms with Crippen molar-refractivity contribution < 1.29 is 14.3 Å². The highest BCUT2D eigenvalue weighted by Crippen LogP contribution is 2.26. The quantitative estimate of drug-likeness (QED) is 0.884. The number of aromatic carboxylic acids is 1. The van der Waals surface area contributed by atoms with Gasteiger partial charge in [-0.1, -0.05) is 11.6 Å². The lowest BCUT2D eigenvalue weighted by molar-refractivity contribution is 0.0697. The summed E-state index contributed by atoms with van der Waals surface area (Å²) >= 11 is 5.85. The zero-order valence-electron chi connectivity index (χ0n) is 10.1. The smallest absolute Gasteiger partial charge is 0.337 e. The van der Waals surface area contributed by atoms with Crippen LogP contribution < -0.4 is 5.32 Å². The predicted molar refractivity (Wildman–Crippen MR) is 72.8 cm³/mol. The Morgan fingerprint density at radius 1 is 1.21 bits per heavy atom. The van der Waals surface area contributed by atoms with Crippen LogP contribution in [0.3, 0.4) is 0 Å². The second-order valence-corrected chi connectivity index (χ2v) is 4.52. The highest BCUT2D eigenvalue weighted by Gasteiger charge is 2.12. The maximum Gasteiger partial charge on any atom is 0.337 e. The number of hydrogen-bond donors (Lipinski definition) is 2. The topological polar surface area (TPSA) is 49.3 Å². The first-order valence-corrected chi connectivity index (χ1v) is 5.91. The molecular formula is C14H11ClFNO2. The summed E-state index contributed by atoms with van der Waals surface area (Å²) in [4.78, 5) is 11.1. The number of benzene rings is 2. The van der Waals surface area contributed by atoms with Crippen LogP contribution in [0.15, 0.2) is 36.4 Å². The van der Waals surface area contributed by atoms with E-state index in [1.54, 1.807) is 18.2 Å². The van der Waals surface area contributed by atoms with Crippen molar-refractivity contribution in [2.24, 2.45) is 0 Å². The van der Waals surface area contributed by atoms with Crippen molar-refractivity contribution in [1.29, 1.82) is 0 Å². The van der Waals surface area contributed by atoms with Gasteiger partial charge in [0.15, 0.2) is 0 Å². The SMILES string of the molecule is Cc1cc(Cl)ccc1Nc1ccc(F)cc1C(=O)O. The van der Waals surface area contributed by atoms with Gasteiger partial charge in [-0.25, -0.2) is 9.18 Å². The molecule has 98 valence electrons. The van der Waals surface area contributed by atoms with Crippen LogP contribution in [0.25, 0.3) is 0 Å². The fourth-order valence-electron chi connectivity index (χ4n) is 1.71. The number of nitrogens with one attached hydrogen (secondary N) is 1. The summed E-state index contributed by atoms with van der Waals surface area (Å²) in [5.74, 6) is -1.77. The Kier molecular flexibility index (Phi) is 3.71. The fourth-order valence-corrected chi connectivity index (χ4v) is 1.94. The van der Waals surface area contributed by atoms with Gasteiger partial charge in [0.1, 0.15) is 5.82 Å². The lowest BCUT2D eigenvalue weighted by Crippen LogP contribution is -2.04. The van der Waals surface area contributed by atoms with Crippen LogP contribution in [-0.2, 0) is 0 Å². The number of halogens is 2. The standard InChI is InChI=1S/C14H11ClFNO2/c1-8-6-9(15)2-4-12(8)17-13-5-3-10(16)7-11(13)14(18)19/h2-7,17H,1H3,(H,18,19). The second-order valence-electron chi connectivity index (χ2n) is 4.08. The summed E-state index contributed by atoms with van der Waals surface area (Å²) in [7, 11) is 0. The lowest BCUT2D eigenvalue weighted by Gasteiger charge is -2.12. The van der Waals surface area contributed by atoms with Crippen molar-refractivity contribution in [3.63, 3.8) is 0 Å². The van der Waals surface area contributed by atoms with Crippen molar-refractivity contribution >= 4 is 28.9 Å². The molecule has 2 aromatic carbocycles. The third-order valence-corrected chi connectivity index (χ3v) is 2.90. The molecule has 19 heavy (non-hydrogen) atoms. The van der Waals surface area contributed by atoms with Crippen molar-refractivity contribution in [2.45, 2.75) is 6.92 Å². The first-order chi connectivity index (χ1) is 8.97. The number of carboxylic acids is 1. The normalized spacial score (nSPS) is 10.3. The van der Waals surface area contributed by atoms with Gasteiger partial charge in [-0.3, -0.25) is 0 Å². The molecule has 0 amide bonds. The Bertz CT molecular complexity index is 643. The maximum absolute atomic E-state index is 13.1. The number of anilines is 2. The Morgan fingerprint density at radius 2 is 1.89 bits per heavy atom. The summed E-state index contributed by atoms with van der Waals surface area (Å²) < 4.78 is 13.1. The number of carbonyl (C=O) groups is 1. The molecule has 0 saturated carbocycles. The van der Waals surface area contributed by atoms with Gasteiger partial charge in [-0.2, -0.15) is 0 Å². The minimum Gasteiger partial charge on any atom is -0.478 e. The van der Waals surface area contributed by atoms with Crippen LogP contribution >= 0.6 is 11.6 Å². The highest BCUT2D eigenvalue weighted by molar-refractivity contribution is 6.30. The molecule has 0 atom stereocenters. The third-order valence-electron chi connectivity index (χ3n) is 2.67. The Morgan fingerprint density at radius 3 is 2.53 bits per heavy atom. The molecule has 0 aliphatic carbocycles. The van der Waals surface area contributed by atoms with Crippen molar-refractivity contribution in [2.75, 3.05) is 5.32 Å². The summed E-state index contributed by atoms with van der Waals surface area (Å²) in [5, 5.41) is 12.6. The Labute approximate surface area is 114 Å². The minimum atomic E-state index is -1.19. The maximum atomic E-state index is 13.1. The van der Waals surface area contributed by atoms with E-state index >= 15 is 0 Å². The molecule has 5 heteroatoms. The van der Waals surface area contributed by atoms with E-state index in [1.807, 2.05) is 6.92 Å². The molecule has 0 aliphatic rings. The first kappa shape index (κ1) is 13.4. The Hall–Kier alpha value is -2.07. The zero-order valence-corrected chi connectivity index (χ0v) is 10.8. The number of rotatable bonds is 3. The first-order valence-electron chi connectivity index (χ1n) is 5.53. The van der Waals surface area contributed by atoms with Crippen LogP contribution in [0.4, 0.5) is 15.8 Å². The molecule has 0 aromatic heterocycles. The molecule has 0 saturated heterocycles. The van der Waals surface area contributed by atoms with Gasteiger partial charge < -0.3 is 10.4 Å². The van der Waals surface area contributed by atoms with Crippen LogP contribution in [0.1, 0.15) is 15.9 Å². The molecule has 0 radical (unpaired) electrons. The predicted octanol–water partition coefficient (Wildman–Crippen LogP) is 4.23. The largest absolute Gasteiger partial charge is 0.478 e. The number of hydrogen-bond acceptors (Lipinski definition) is 2. The van der Waals surface area contributed by atoms with E-state index < -0.39 is 11.8 Å². The van der Waals surface area contributed by atoms with E-state index in [9.17, 15) is 9.18 Å². The molecule has 0 bridgehead atoms. The molecule has 0 unspecified atom stereocenters. The van der Waals surface area contributed by atoms with Gasteiger partial charge in [0, 0.05) is 10.7 Å². The molecule has 0 fully saturated rings. The van der Waals surface area contributed by atoms with E-state index in [-0.39, 0.29) is 5.56 Å². The number of aryl methyl sites for hydroxylation is 1. The summed E-state index contributed by atoms with van der Waals surface area (Å²) in [6, 6.07) is 8.78. The van der Waals surface area contributed by atoms with Gasteiger partial charge >= 0.3 is 5.97 Å². The van der Waals surface area contributed by atoms with Gasteiger partial charge in [0.05, 0.1) is 11.3 Å². The highest BCUT2D eigenvalue weighted by atomic mass is 35.5. The number of carboxylic acid groups (broad SMARTS) is 1. The van der Waals surface area contributed by atoms with E-state index in [2.05, 4.69) is 5.32 Å². The van der Waals surface area contributed by atoms with Crippen molar-refractivity contribution in [3.05, 3.63) is 58.4 Å². The average molecular weight is 280 g/mol. The van der Waals surface area contributed by atoms with E-state index in [0.29, 0.717) is 10.7 Å². The second kappa shape index (κ2) is 5.28.